The zero-order valence-electron chi connectivity index (χ0n) is 17.0. The first-order valence-electron chi connectivity index (χ1n) is 9.65. The van der Waals surface area contributed by atoms with Crippen molar-refractivity contribution in [2.45, 2.75) is 13.0 Å². The van der Waals surface area contributed by atoms with Gasteiger partial charge in [-0.25, -0.2) is 4.79 Å². The number of carbonyl (C=O) groups is 1. The van der Waals surface area contributed by atoms with E-state index in [1.807, 2.05) is 30.3 Å². The number of nitrogen functional groups attached to an aromatic ring is 1. The van der Waals surface area contributed by atoms with Gasteiger partial charge in [0.25, 0.3) is 11.5 Å². The van der Waals surface area contributed by atoms with Crippen molar-refractivity contribution >= 4 is 33.3 Å². The van der Waals surface area contributed by atoms with Gasteiger partial charge in [0.1, 0.15) is 5.82 Å². The van der Waals surface area contributed by atoms with Crippen molar-refractivity contribution in [1.29, 1.82) is 0 Å². The number of aromatic nitrogens is 2. The molecule has 3 N–H and O–H groups in total. The van der Waals surface area contributed by atoms with E-state index in [0.29, 0.717) is 18.6 Å². The Hall–Kier alpha value is -3.17. The van der Waals surface area contributed by atoms with Crippen molar-refractivity contribution in [3.63, 3.8) is 0 Å². The van der Waals surface area contributed by atoms with Crippen LogP contribution in [0.4, 0.5) is 11.5 Å². The summed E-state index contributed by atoms with van der Waals surface area (Å²) in [5, 5.41) is 0. The fraction of sp³-hybridized carbons (Fsp3) is 0.227. The molecule has 3 rings (SSSR count). The number of halogens is 1. The SMILES string of the molecule is COCCCN(C(=O)c1ccc(Br)cc1)c1c(N)n(Cc2ccccc2)c(=O)[nH]c1=O. The van der Waals surface area contributed by atoms with E-state index in [2.05, 4.69) is 20.9 Å². The molecule has 2 aromatic carbocycles. The van der Waals surface area contributed by atoms with E-state index < -0.39 is 17.2 Å². The lowest BCUT2D eigenvalue weighted by atomic mass is 10.1. The number of aromatic amines is 1. The Labute approximate surface area is 187 Å². The first-order valence-corrected chi connectivity index (χ1v) is 10.4. The largest absolute Gasteiger partial charge is 0.385 e. The number of nitrogens with two attached hydrogens (primary N) is 1. The second-order valence-electron chi connectivity index (χ2n) is 6.87. The second kappa shape index (κ2) is 10.2. The fourth-order valence-electron chi connectivity index (χ4n) is 3.19. The number of carbonyl (C=O) groups excluding carboxylic acids is 1. The molecule has 0 aliphatic heterocycles. The molecule has 0 aliphatic carbocycles. The minimum absolute atomic E-state index is 0.0560. The van der Waals surface area contributed by atoms with Gasteiger partial charge in [-0.05, 0) is 36.2 Å². The zero-order valence-corrected chi connectivity index (χ0v) is 18.6. The van der Waals surface area contributed by atoms with E-state index in [9.17, 15) is 14.4 Å². The Morgan fingerprint density at radius 1 is 1.13 bits per heavy atom. The van der Waals surface area contributed by atoms with Crippen LogP contribution in [0.15, 0.2) is 68.7 Å². The molecule has 0 unspecified atom stereocenters. The minimum atomic E-state index is -0.713. The lowest BCUT2D eigenvalue weighted by molar-refractivity contribution is 0.0983. The number of ether oxygens (including phenoxy) is 1. The first-order chi connectivity index (χ1) is 14.9. The third-order valence-corrected chi connectivity index (χ3v) is 5.26. The highest BCUT2D eigenvalue weighted by Crippen LogP contribution is 2.21. The highest BCUT2D eigenvalue weighted by Gasteiger charge is 2.25. The highest BCUT2D eigenvalue weighted by molar-refractivity contribution is 9.10. The number of amides is 1. The standard InChI is InChI=1S/C22H23BrN4O4/c1-31-13-5-12-26(21(29)16-8-10-17(23)11-9-16)18-19(24)27(22(30)25-20(18)28)14-15-6-3-2-4-7-15/h2-4,6-11H,5,12-14,24H2,1H3,(H,25,28,30). The summed E-state index contributed by atoms with van der Waals surface area (Å²) in [7, 11) is 1.56. The molecule has 0 fully saturated rings. The Morgan fingerprint density at radius 3 is 2.45 bits per heavy atom. The number of H-pyrrole nitrogens is 1. The molecular formula is C22H23BrN4O4. The van der Waals surface area contributed by atoms with Gasteiger partial charge >= 0.3 is 5.69 Å². The summed E-state index contributed by atoms with van der Waals surface area (Å²) in [5.41, 5.74) is 6.10. The Balaban J connectivity index is 2.08. The highest BCUT2D eigenvalue weighted by atomic mass is 79.9. The molecule has 0 saturated carbocycles. The lowest BCUT2D eigenvalue weighted by Gasteiger charge is -2.24. The van der Waals surface area contributed by atoms with Crippen LogP contribution >= 0.6 is 15.9 Å². The van der Waals surface area contributed by atoms with E-state index in [0.717, 1.165) is 10.0 Å². The van der Waals surface area contributed by atoms with Crippen LogP contribution in [-0.2, 0) is 11.3 Å². The monoisotopic (exact) mass is 486 g/mol. The molecule has 0 spiro atoms. The normalized spacial score (nSPS) is 10.8. The van der Waals surface area contributed by atoms with Crippen LogP contribution in [-0.4, -0.2) is 35.7 Å². The summed E-state index contributed by atoms with van der Waals surface area (Å²) in [6.45, 7) is 0.749. The summed E-state index contributed by atoms with van der Waals surface area (Å²) >= 11 is 3.35. The number of nitrogens with one attached hydrogen (secondary N) is 1. The quantitative estimate of drug-likeness (QED) is 0.475. The van der Waals surface area contributed by atoms with Crippen LogP contribution in [0.5, 0.6) is 0 Å². The Kier molecular flexibility index (Phi) is 7.43. The van der Waals surface area contributed by atoms with Gasteiger partial charge < -0.3 is 15.4 Å². The van der Waals surface area contributed by atoms with Gasteiger partial charge in [0.2, 0.25) is 0 Å². The maximum absolute atomic E-state index is 13.3. The van der Waals surface area contributed by atoms with Crippen molar-refractivity contribution in [3.8, 4) is 0 Å². The van der Waals surface area contributed by atoms with Crippen LogP contribution in [0, 0.1) is 0 Å². The second-order valence-corrected chi connectivity index (χ2v) is 7.79. The predicted molar refractivity (Wildman–Crippen MR) is 124 cm³/mol. The molecule has 0 bridgehead atoms. The van der Waals surface area contributed by atoms with Crippen LogP contribution in [0.1, 0.15) is 22.3 Å². The molecule has 8 nitrogen and oxygen atoms in total. The predicted octanol–water partition coefficient (Wildman–Crippen LogP) is 2.61. The number of benzene rings is 2. The number of hydrogen-bond acceptors (Lipinski definition) is 5. The van der Waals surface area contributed by atoms with Crippen molar-refractivity contribution in [3.05, 3.63) is 91.0 Å². The smallest absolute Gasteiger partial charge is 0.330 e. The molecule has 31 heavy (non-hydrogen) atoms. The zero-order chi connectivity index (χ0) is 22.4. The van der Waals surface area contributed by atoms with Gasteiger partial charge in [0.15, 0.2) is 5.69 Å². The molecule has 162 valence electrons. The van der Waals surface area contributed by atoms with Crippen molar-refractivity contribution in [2.24, 2.45) is 0 Å². The van der Waals surface area contributed by atoms with E-state index >= 15 is 0 Å². The summed E-state index contributed by atoms with van der Waals surface area (Å²) in [4.78, 5) is 42.1. The molecule has 9 heteroatoms. The number of methoxy groups -OCH3 is 1. The molecular weight excluding hydrogens is 464 g/mol. The average Bonchev–Trinajstić information content (AvgIpc) is 2.76. The number of nitrogens with zero attached hydrogens (tertiary/aromatic N) is 2. The Morgan fingerprint density at radius 2 is 1.81 bits per heavy atom. The number of hydrogen-bond donors (Lipinski definition) is 2. The van der Waals surface area contributed by atoms with E-state index in [-0.39, 0.29) is 24.6 Å². The molecule has 1 heterocycles. The van der Waals surface area contributed by atoms with Crippen molar-refractivity contribution in [2.75, 3.05) is 30.9 Å². The lowest BCUT2D eigenvalue weighted by Crippen LogP contribution is -2.42. The van der Waals surface area contributed by atoms with Gasteiger partial charge in [0, 0.05) is 30.3 Å². The van der Waals surface area contributed by atoms with Gasteiger partial charge in [-0.1, -0.05) is 46.3 Å². The van der Waals surface area contributed by atoms with Crippen LogP contribution < -0.4 is 21.9 Å². The van der Waals surface area contributed by atoms with Crippen LogP contribution in [0.25, 0.3) is 0 Å². The van der Waals surface area contributed by atoms with Crippen LogP contribution in [0.3, 0.4) is 0 Å². The van der Waals surface area contributed by atoms with E-state index in [1.165, 1.54) is 9.47 Å². The van der Waals surface area contributed by atoms with Gasteiger partial charge in [-0.2, -0.15) is 0 Å². The van der Waals surface area contributed by atoms with Crippen LogP contribution in [0.2, 0.25) is 0 Å². The summed E-state index contributed by atoms with van der Waals surface area (Å²) < 4.78 is 7.17. The molecule has 3 aromatic rings. The van der Waals surface area contributed by atoms with E-state index in [1.54, 1.807) is 31.4 Å². The average molecular weight is 487 g/mol. The molecule has 0 saturated heterocycles. The fourth-order valence-corrected chi connectivity index (χ4v) is 3.46. The van der Waals surface area contributed by atoms with Gasteiger partial charge in [-0.3, -0.25) is 19.1 Å². The van der Waals surface area contributed by atoms with Crippen molar-refractivity contribution in [1.82, 2.24) is 9.55 Å². The molecule has 0 radical (unpaired) electrons. The summed E-state index contributed by atoms with van der Waals surface area (Å²) in [5.74, 6) is -0.466. The molecule has 1 amide bonds. The Bertz CT molecular complexity index is 1160. The van der Waals surface area contributed by atoms with Crippen molar-refractivity contribution < 1.29 is 9.53 Å². The van der Waals surface area contributed by atoms with E-state index in [4.69, 9.17) is 10.5 Å². The molecule has 1 aromatic heterocycles. The molecule has 0 aliphatic rings. The van der Waals surface area contributed by atoms with Gasteiger partial charge in [-0.15, -0.1) is 0 Å². The third kappa shape index (κ3) is 5.31. The number of anilines is 2. The molecule has 0 atom stereocenters. The minimum Gasteiger partial charge on any atom is -0.385 e. The summed E-state index contributed by atoms with van der Waals surface area (Å²) in [6.07, 6.45) is 0.482. The maximum Gasteiger partial charge on any atom is 0.330 e. The summed E-state index contributed by atoms with van der Waals surface area (Å²) in [6, 6.07) is 16.0. The maximum atomic E-state index is 13.3. The third-order valence-electron chi connectivity index (χ3n) is 4.73. The number of rotatable bonds is 8. The first kappa shape index (κ1) is 22.5. The van der Waals surface area contributed by atoms with Gasteiger partial charge in [0.05, 0.1) is 6.54 Å². The topological polar surface area (TPSA) is 110 Å².